The third-order valence-electron chi connectivity index (χ3n) is 4.88. The van der Waals surface area contributed by atoms with E-state index in [4.69, 9.17) is 4.74 Å². The zero-order chi connectivity index (χ0) is 17.2. The van der Waals surface area contributed by atoms with E-state index in [9.17, 15) is 13.2 Å². The summed E-state index contributed by atoms with van der Waals surface area (Å²) >= 11 is 0. The number of hydrogen-bond donors (Lipinski definition) is 1. The van der Waals surface area contributed by atoms with Gasteiger partial charge >= 0.3 is 0 Å². The highest BCUT2D eigenvalue weighted by atomic mass is 32.2. The van der Waals surface area contributed by atoms with Crippen LogP contribution in [0.4, 0.5) is 0 Å². The molecule has 0 spiro atoms. The van der Waals surface area contributed by atoms with Gasteiger partial charge in [-0.2, -0.15) is 4.31 Å². The molecule has 1 heterocycles. The molecule has 0 aromatic heterocycles. The van der Waals surface area contributed by atoms with Crippen LogP contribution < -0.4 is 5.32 Å². The molecule has 1 N–H and O–H groups in total. The molecule has 2 unspecified atom stereocenters. The number of carbonyl (C=O) groups excluding carboxylic acids is 1. The highest BCUT2D eigenvalue weighted by Gasteiger charge is 2.28. The van der Waals surface area contributed by atoms with Gasteiger partial charge in [0.05, 0.1) is 18.1 Å². The number of benzene rings is 1. The molecule has 1 aromatic carbocycles. The summed E-state index contributed by atoms with van der Waals surface area (Å²) in [5.74, 6) is 0.266. The maximum atomic E-state index is 12.7. The van der Waals surface area contributed by atoms with Crippen LogP contribution in [0.25, 0.3) is 0 Å². The van der Waals surface area contributed by atoms with E-state index in [2.05, 4.69) is 12.2 Å². The normalized spacial score (nSPS) is 25.5. The average Bonchev–Trinajstić information content (AvgIpc) is 3.00. The Balaban J connectivity index is 1.77. The lowest BCUT2D eigenvalue weighted by Crippen LogP contribution is -2.40. The minimum Gasteiger partial charge on any atom is -0.379 e. The number of ether oxygens (including phenoxy) is 1. The summed E-state index contributed by atoms with van der Waals surface area (Å²) in [6.07, 6.45) is 3.23. The number of rotatable bonds is 4. The van der Waals surface area contributed by atoms with Gasteiger partial charge in [0.2, 0.25) is 10.0 Å². The topological polar surface area (TPSA) is 75.7 Å². The van der Waals surface area contributed by atoms with Gasteiger partial charge < -0.3 is 10.1 Å². The highest BCUT2D eigenvalue weighted by Crippen LogP contribution is 2.25. The molecule has 2 atom stereocenters. The number of amides is 1. The first kappa shape index (κ1) is 17.4. The second kappa shape index (κ2) is 7.21. The van der Waals surface area contributed by atoms with Crippen molar-refractivity contribution < 1.29 is 17.9 Å². The summed E-state index contributed by atoms with van der Waals surface area (Å²) < 4.78 is 32.0. The third kappa shape index (κ3) is 3.63. The predicted molar refractivity (Wildman–Crippen MR) is 90.3 cm³/mol. The Morgan fingerprint density at radius 1 is 1.25 bits per heavy atom. The van der Waals surface area contributed by atoms with Gasteiger partial charge in [-0.15, -0.1) is 0 Å². The SMILES string of the molecule is CC1CCCC1NC(=O)c1cccc(S(=O)(=O)N2CCOCC2)c1. The van der Waals surface area contributed by atoms with E-state index in [1.165, 1.54) is 10.4 Å². The fourth-order valence-electron chi connectivity index (χ4n) is 3.35. The number of sulfonamides is 1. The van der Waals surface area contributed by atoms with Gasteiger partial charge in [0.15, 0.2) is 0 Å². The van der Waals surface area contributed by atoms with Crippen LogP contribution in [0, 0.1) is 5.92 Å². The molecule has 1 aromatic rings. The highest BCUT2D eigenvalue weighted by molar-refractivity contribution is 7.89. The summed E-state index contributed by atoms with van der Waals surface area (Å²) in [7, 11) is -3.58. The zero-order valence-electron chi connectivity index (χ0n) is 13.9. The van der Waals surface area contributed by atoms with Gasteiger partial charge in [0.25, 0.3) is 5.91 Å². The van der Waals surface area contributed by atoms with Gasteiger partial charge in [-0.05, 0) is 37.0 Å². The molecule has 132 valence electrons. The lowest BCUT2D eigenvalue weighted by Gasteiger charge is -2.26. The number of morpholine rings is 1. The van der Waals surface area contributed by atoms with E-state index >= 15 is 0 Å². The van der Waals surface area contributed by atoms with Crippen molar-refractivity contribution in [1.82, 2.24) is 9.62 Å². The first-order chi connectivity index (χ1) is 11.5. The number of carbonyl (C=O) groups is 1. The summed E-state index contributed by atoms with van der Waals surface area (Å²) in [5.41, 5.74) is 0.392. The largest absolute Gasteiger partial charge is 0.379 e. The molecular weight excluding hydrogens is 328 g/mol. The van der Waals surface area contributed by atoms with E-state index in [-0.39, 0.29) is 16.8 Å². The van der Waals surface area contributed by atoms with Gasteiger partial charge in [-0.3, -0.25) is 4.79 Å². The Kier molecular flexibility index (Phi) is 5.22. The molecular formula is C17H24N2O4S. The molecule has 1 amide bonds. The molecule has 24 heavy (non-hydrogen) atoms. The maximum absolute atomic E-state index is 12.7. The van der Waals surface area contributed by atoms with Crippen molar-refractivity contribution in [3.63, 3.8) is 0 Å². The molecule has 6 nitrogen and oxygen atoms in total. The molecule has 2 aliphatic rings. The third-order valence-corrected chi connectivity index (χ3v) is 6.78. The van der Waals surface area contributed by atoms with E-state index < -0.39 is 10.0 Å². The van der Waals surface area contributed by atoms with Gasteiger partial charge in [-0.25, -0.2) is 8.42 Å². The van der Waals surface area contributed by atoms with E-state index in [1.807, 2.05) is 0 Å². The quantitative estimate of drug-likeness (QED) is 0.894. The minimum absolute atomic E-state index is 0.163. The fraction of sp³-hybridized carbons (Fsp3) is 0.588. The Morgan fingerprint density at radius 3 is 2.67 bits per heavy atom. The zero-order valence-corrected chi connectivity index (χ0v) is 14.7. The Labute approximate surface area is 143 Å². The monoisotopic (exact) mass is 352 g/mol. The first-order valence-electron chi connectivity index (χ1n) is 8.47. The van der Waals surface area contributed by atoms with Crippen LogP contribution in [0.2, 0.25) is 0 Å². The van der Waals surface area contributed by atoms with Crippen molar-refractivity contribution in [3.8, 4) is 0 Å². The predicted octanol–water partition coefficient (Wildman–Crippen LogP) is 1.63. The minimum atomic E-state index is -3.58. The Hall–Kier alpha value is -1.44. The van der Waals surface area contributed by atoms with E-state index in [0.717, 1.165) is 19.3 Å². The van der Waals surface area contributed by atoms with Gasteiger partial charge in [0.1, 0.15) is 0 Å². The number of hydrogen-bond acceptors (Lipinski definition) is 4. The van der Waals surface area contributed by atoms with Crippen LogP contribution in [0.3, 0.4) is 0 Å². The summed E-state index contributed by atoms with van der Waals surface area (Å²) in [4.78, 5) is 12.6. The standard InChI is InChI=1S/C17H24N2O4S/c1-13-4-2-7-16(13)18-17(20)14-5-3-6-15(12-14)24(21,22)19-8-10-23-11-9-19/h3,5-6,12-13,16H,2,4,7-11H2,1H3,(H,18,20). The van der Waals surface area contributed by atoms with Gasteiger partial charge in [0, 0.05) is 24.7 Å². The van der Waals surface area contributed by atoms with Crippen molar-refractivity contribution in [2.24, 2.45) is 5.92 Å². The van der Waals surface area contributed by atoms with Gasteiger partial charge in [-0.1, -0.05) is 19.4 Å². The molecule has 7 heteroatoms. The van der Waals surface area contributed by atoms with Crippen molar-refractivity contribution in [2.45, 2.75) is 37.1 Å². The first-order valence-corrected chi connectivity index (χ1v) is 9.91. The summed E-state index contributed by atoms with van der Waals surface area (Å²) in [6.45, 7) is 3.63. The van der Waals surface area contributed by atoms with Crippen LogP contribution in [-0.4, -0.2) is 51.0 Å². The maximum Gasteiger partial charge on any atom is 0.251 e. The van der Waals surface area contributed by atoms with E-state index in [0.29, 0.717) is 37.8 Å². The van der Waals surface area contributed by atoms with Crippen molar-refractivity contribution in [1.29, 1.82) is 0 Å². The average molecular weight is 352 g/mol. The molecule has 3 rings (SSSR count). The Bertz CT molecular complexity index is 698. The van der Waals surface area contributed by atoms with Crippen LogP contribution in [-0.2, 0) is 14.8 Å². The van der Waals surface area contributed by atoms with Crippen LogP contribution in [0.1, 0.15) is 36.5 Å². The summed E-state index contributed by atoms with van der Waals surface area (Å²) in [6, 6.07) is 6.48. The molecule has 0 bridgehead atoms. The second-order valence-corrected chi connectivity index (χ2v) is 8.47. The van der Waals surface area contributed by atoms with Crippen LogP contribution in [0.15, 0.2) is 29.2 Å². The van der Waals surface area contributed by atoms with E-state index in [1.54, 1.807) is 18.2 Å². The Morgan fingerprint density at radius 2 is 2.00 bits per heavy atom. The number of nitrogens with zero attached hydrogens (tertiary/aromatic N) is 1. The number of nitrogens with one attached hydrogen (secondary N) is 1. The lowest BCUT2D eigenvalue weighted by atomic mass is 10.1. The second-order valence-electron chi connectivity index (χ2n) is 6.53. The molecule has 1 aliphatic heterocycles. The lowest BCUT2D eigenvalue weighted by molar-refractivity contribution is 0.0730. The van der Waals surface area contributed by atoms with Crippen LogP contribution >= 0.6 is 0 Å². The molecule has 0 radical (unpaired) electrons. The smallest absolute Gasteiger partial charge is 0.251 e. The van der Waals surface area contributed by atoms with Crippen molar-refractivity contribution >= 4 is 15.9 Å². The molecule has 1 aliphatic carbocycles. The molecule has 2 fully saturated rings. The van der Waals surface area contributed by atoms with Crippen LogP contribution in [0.5, 0.6) is 0 Å². The molecule has 1 saturated heterocycles. The van der Waals surface area contributed by atoms with Crippen molar-refractivity contribution in [2.75, 3.05) is 26.3 Å². The summed E-state index contributed by atoms with van der Waals surface area (Å²) in [5, 5.41) is 3.04. The van der Waals surface area contributed by atoms with Crippen molar-refractivity contribution in [3.05, 3.63) is 29.8 Å². The molecule has 1 saturated carbocycles. The fourth-order valence-corrected chi connectivity index (χ4v) is 4.80.